The number of aliphatic hydroxyl groups is 1. The topological polar surface area (TPSA) is 121 Å². The summed E-state index contributed by atoms with van der Waals surface area (Å²) in [6.45, 7) is 0.613. The molecule has 0 aliphatic carbocycles. The average Bonchev–Trinajstić information content (AvgIpc) is 3.18. The molecule has 1 amide bonds. The molecular weight excluding hydrogens is 324 g/mol. The van der Waals surface area contributed by atoms with E-state index in [0.29, 0.717) is 13.0 Å². The lowest BCUT2D eigenvalue weighted by atomic mass is 10.0. The summed E-state index contributed by atoms with van der Waals surface area (Å²) >= 11 is 0. The van der Waals surface area contributed by atoms with Crippen LogP contribution in [0.2, 0.25) is 0 Å². The number of hydrogen-bond donors (Lipinski definition) is 3. The predicted octanol–water partition coefficient (Wildman–Crippen LogP) is -0.112. The second-order valence-corrected chi connectivity index (χ2v) is 6.53. The van der Waals surface area contributed by atoms with Crippen molar-refractivity contribution in [3.63, 3.8) is 0 Å². The number of carboxylic acids is 1. The number of nitrogens with two attached hydrogens (primary N) is 1. The van der Waals surface area contributed by atoms with Crippen LogP contribution in [-0.2, 0) is 16.0 Å². The van der Waals surface area contributed by atoms with Gasteiger partial charge in [-0.2, -0.15) is 0 Å². The molecule has 3 atom stereocenters. The molecule has 1 aliphatic rings. The quantitative estimate of drug-likeness (QED) is 0.671. The summed E-state index contributed by atoms with van der Waals surface area (Å²) in [6.07, 6.45) is 5.50. The zero-order chi connectivity index (χ0) is 18.0. The molecule has 0 unspecified atom stereocenters. The second kappa shape index (κ2) is 7.20. The summed E-state index contributed by atoms with van der Waals surface area (Å²) in [5.41, 5.74) is 7.63. The number of aliphatic carboxylic acids is 1. The molecule has 0 aromatic carbocycles. The summed E-state index contributed by atoms with van der Waals surface area (Å²) in [5, 5.41) is 19.0. The minimum Gasteiger partial charge on any atom is -0.481 e. The van der Waals surface area contributed by atoms with Crippen LogP contribution in [0.1, 0.15) is 18.5 Å². The van der Waals surface area contributed by atoms with Gasteiger partial charge in [0.05, 0.1) is 29.6 Å². The molecule has 0 saturated carbocycles. The van der Waals surface area contributed by atoms with Gasteiger partial charge in [0.1, 0.15) is 0 Å². The van der Waals surface area contributed by atoms with Gasteiger partial charge in [-0.1, -0.05) is 0 Å². The van der Waals surface area contributed by atoms with Crippen LogP contribution in [-0.4, -0.2) is 61.6 Å². The number of rotatable bonds is 6. The smallest absolute Gasteiger partial charge is 0.303 e. The van der Waals surface area contributed by atoms with Gasteiger partial charge in [0.2, 0.25) is 5.91 Å². The Morgan fingerprint density at radius 3 is 2.96 bits per heavy atom. The lowest BCUT2D eigenvalue weighted by Gasteiger charge is -2.20. The van der Waals surface area contributed by atoms with E-state index in [1.54, 1.807) is 6.20 Å². The van der Waals surface area contributed by atoms with Crippen molar-refractivity contribution in [1.82, 2.24) is 14.3 Å². The molecule has 1 aliphatic heterocycles. The monoisotopic (exact) mass is 346 g/mol. The molecule has 134 valence electrons. The van der Waals surface area contributed by atoms with E-state index in [4.69, 9.17) is 10.8 Å². The summed E-state index contributed by atoms with van der Waals surface area (Å²) < 4.78 is 1.97. The molecule has 1 fully saturated rings. The maximum Gasteiger partial charge on any atom is 0.303 e. The number of β-amino-alcohol motifs (C(OH)–C–C–N with tert-alkyl or cyclic N) is 1. The third-order valence-corrected chi connectivity index (χ3v) is 4.64. The van der Waals surface area contributed by atoms with Crippen molar-refractivity contribution in [2.75, 3.05) is 13.1 Å². The second-order valence-electron chi connectivity index (χ2n) is 6.53. The van der Waals surface area contributed by atoms with E-state index in [-0.39, 0.29) is 31.2 Å². The minimum atomic E-state index is -0.978. The van der Waals surface area contributed by atoms with Crippen LogP contribution in [0.3, 0.4) is 0 Å². The Hall–Kier alpha value is -2.45. The minimum absolute atomic E-state index is 0.0945. The van der Waals surface area contributed by atoms with E-state index in [2.05, 4.69) is 4.98 Å². The summed E-state index contributed by atoms with van der Waals surface area (Å²) in [5.74, 6) is -1.40. The molecule has 0 radical (unpaired) electrons. The number of carbonyl (C=O) groups excluding carboxylic acids is 1. The summed E-state index contributed by atoms with van der Waals surface area (Å²) in [7, 11) is 0. The van der Waals surface area contributed by atoms with Crippen molar-refractivity contribution in [3.8, 4) is 0 Å². The first-order chi connectivity index (χ1) is 11.9. The SMILES string of the molecule is N[C@@H](CCC(=O)O)C(=O)N1C[C@H](Cc2cn3cccc3cn2)[C@H](O)C1. The number of fused-ring (bicyclic) bond motifs is 1. The van der Waals surface area contributed by atoms with Gasteiger partial charge < -0.3 is 25.2 Å². The summed E-state index contributed by atoms with van der Waals surface area (Å²) in [6, 6.07) is 3.04. The molecule has 8 nitrogen and oxygen atoms in total. The first-order valence-electron chi connectivity index (χ1n) is 8.30. The summed E-state index contributed by atoms with van der Waals surface area (Å²) in [4.78, 5) is 28.8. The van der Waals surface area contributed by atoms with Crippen LogP contribution in [0.5, 0.6) is 0 Å². The Kier molecular flexibility index (Phi) is 5.00. The number of aromatic nitrogens is 2. The molecule has 8 heteroatoms. The molecule has 1 saturated heterocycles. The molecule has 0 spiro atoms. The third-order valence-electron chi connectivity index (χ3n) is 4.64. The Morgan fingerprint density at radius 2 is 2.20 bits per heavy atom. The lowest BCUT2D eigenvalue weighted by Crippen LogP contribution is -2.43. The number of aliphatic hydroxyl groups excluding tert-OH is 1. The number of likely N-dealkylation sites (tertiary alicyclic amines) is 1. The van der Waals surface area contributed by atoms with E-state index < -0.39 is 18.1 Å². The number of carbonyl (C=O) groups is 2. The Morgan fingerprint density at radius 1 is 1.40 bits per heavy atom. The van der Waals surface area contributed by atoms with E-state index in [1.165, 1.54) is 4.90 Å². The predicted molar refractivity (Wildman–Crippen MR) is 89.8 cm³/mol. The Labute approximate surface area is 144 Å². The van der Waals surface area contributed by atoms with Gasteiger partial charge in [-0.05, 0) is 25.0 Å². The first kappa shape index (κ1) is 17.4. The average molecular weight is 346 g/mol. The van der Waals surface area contributed by atoms with Gasteiger partial charge in [-0.15, -0.1) is 0 Å². The van der Waals surface area contributed by atoms with Gasteiger partial charge in [0.25, 0.3) is 0 Å². The fourth-order valence-corrected chi connectivity index (χ4v) is 3.22. The van der Waals surface area contributed by atoms with E-state index in [1.807, 2.05) is 28.9 Å². The highest BCUT2D eigenvalue weighted by Gasteiger charge is 2.36. The number of hydrogen-bond acceptors (Lipinski definition) is 5. The molecule has 0 bridgehead atoms. The molecule has 2 aromatic rings. The van der Waals surface area contributed by atoms with Crippen LogP contribution in [0.15, 0.2) is 30.7 Å². The molecule has 2 aromatic heterocycles. The number of carboxylic acid groups (broad SMARTS) is 1. The molecule has 3 rings (SSSR count). The fourth-order valence-electron chi connectivity index (χ4n) is 3.22. The van der Waals surface area contributed by atoms with Gasteiger partial charge in [-0.3, -0.25) is 14.6 Å². The van der Waals surface area contributed by atoms with Gasteiger partial charge in [0, 0.05) is 37.8 Å². The maximum absolute atomic E-state index is 12.3. The van der Waals surface area contributed by atoms with Crippen molar-refractivity contribution in [2.45, 2.75) is 31.4 Å². The number of nitrogens with zero attached hydrogens (tertiary/aromatic N) is 3. The van der Waals surface area contributed by atoms with Crippen molar-refractivity contribution in [1.29, 1.82) is 0 Å². The standard InChI is InChI=1S/C17H22N4O4/c18-14(3-4-16(23)24)17(25)21-8-11(15(22)10-21)6-12-9-20-5-1-2-13(20)7-19-12/h1-2,5,7,9,11,14-15,22H,3-4,6,8,10,18H2,(H,23,24)/t11-,14-,15+/m0/s1. The van der Waals surface area contributed by atoms with Crippen LogP contribution in [0, 0.1) is 5.92 Å². The van der Waals surface area contributed by atoms with Gasteiger partial charge in [0.15, 0.2) is 0 Å². The largest absolute Gasteiger partial charge is 0.481 e. The highest BCUT2D eigenvalue weighted by Crippen LogP contribution is 2.22. The van der Waals surface area contributed by atoms with Crippen LogP contribution in [0.4, 0.5) is 0 Å². The number of amides is 1. The Bertz CT molecular complexity index is 775. The van der Waals surface area contributed by atoms with E-state index >= 15 is 0 Å². The molecule has 3 heterocycles. The third kappa shape index (κ3) is 3.97. The van der Waals surface area contributed by atoms with Crippen molar-refractivity contribution >= 4 is 17.4 Å². The zero-order valence-corrected chi connectivity index (χ0v) is 13.8. The molecule has 25 heavy (non-hydrogen) atoms. The van der Waals surface area contributed by atoms with Gasteiger partial charge in [-0.25, -0.2) is 0 Å². The first-order valence-corrected chi connectivity index (χ1v) is 8.30. The van der Waals surface area contributed by atoms with Crippen molar-refractivity contribution in [3.05, 3.63) is 36.4 Å². The van der Waals surface area contributed by atoms with Crippen LogP contribution in [0.25, 0.3) is 5.52 Å². The van der Waals surface area contributed by atoms with Crippen molar-refractivity contribution in [2.24, 2.45) is 11.7 Å². The Balaban J connectivity index is 1.60. The highest BCUT2D eigenvalue weighted by molar-refractivity contribution is 5.82. The zero-order valence-electron chi connectivity index (χ0n) is 13.8. The maximum atomic E-state index is 12.3. The normalized spacial score (nSPS) is 21.6. The van der Waals surface area contributed by atoms with Crippen LogP contribution >= 0.6 is 0 Å². The van der Waals surface area contributed by atoms with Crippen LogP contribution < -0.4 is 5.73 Å². The lowest BCUT2D eigenvalue weighted by molar-refractivity contribution is -0.137. The van der Waals surface area contributed by atoms with Crippen molar-refractivity contribution < 1.29 is 19.8 Å². The van der Waals surface area contributed by atoms with E-state index in [9.17, 15) is 14.7 Å². The molecule has 4 N–H and O–H groups in total. The van der Waals surface area contributed by atoms with E-state index in [0.717, 1.165) is 11.2 Å². The highest BCUT2D eigenvalue weighted by atomic mass is 16.4. The van der Waals surface area contributed by atoms with Gasteiger partial charge >= 0.3 is 5.97 Å². The fraction of sp³-hybridized carbons (Fsp3) is 0.471. The molecular formula is C17H22N4O4.